The van der Waals surface area contributed by atoms with E-state index in [-0.39, 0.29) is 18.6 Å². The Hall–Kier alpha value is -1.53. The summed E-state index contributed by atoms with van der Waals surface area (Å²) in [7, 11) is 0. The largest absolute Gasteiger partial charge is 0.368 e. The molecule has 2 rings (SSSR count). The fourth-order valence-corrected chi connectivity index (χ4v) is 2.09. The molecule has 1 aromatic rings. The normalized spacial score (nSPS) is 28.9. The SMILES string of the molecule is O=[N+]([O-])C1COC(O)CC1c1ccccc1F. The van der Waals surface area contributed by atoms with Crippen LogP contribution in [0.2, 0.25) is 0 Å². The first-order valence-electron chi connectivity index (χ1n) is 5.27. The highest BCUT2D eigenvalue weighted by Crippen LogP contribution is 2.32. The highest BCUT2D eigenvalue weighted by Gasteiger charge is 2.40. The third-order valence-corrected chi connectivity index (χ3v) is 2.95. The number of benzene rings is 1. The second-order valence-electron chi connectivity index (χ2n) is 4.00. The number of hydrogen-bond donors (Lipinski definition) is 1. The van der Waals surface area contributed by atoms with Crippen LogP contribution in [-0.4, -0.2) is 29.0 Å². The molecule has 92 valence electrons. The fraction of sp³-hybridized carbons (Fsp3) is 0.455. The zero-order chi connectivity index (χ0) is 12.4. The second kappa shape index (κ2) is 4.77. The van der Waals surface area contributed by atoms with Crippen LogP contribution in [-0.2, 0) is 4.74 Å². The Bertz CT molecular complexity index is 426. The smallest absolute Gasteiger partial charge is 0.243 e. The van der Waals surface area contributed by atoms with E-state index >= 15 is 0 Å². The molecule has 1 aliphatic heterocycles. The maximum Gasteiger partial charge on any atom is 0.243 e. The van der Waals surface area contributed by atoms with E-state index in [1.54, 1.807) is 6.07 Å². The van der Waals surface area contributed by atoms with Gasteiger partial charge in [0, 0.05) is 11.3 Å². The van der Waals surface area contributed by atoms with Gasteiger partial charge in [-0.05, 0) is 11.6 Å². The molecule has 5 nitrogen and oxygen atoms in total. The molecule has 17 heavy (non-hydrogen) atoms. The highest BCUT2D eigenvalue weighted by molar-refractivity contribution is 5.23. The van der Waals surface area contributed by atoms with Gasteiger partial charge >= 0.3 is 0 Å². The molecule has 3 unspecified atom stereocenters. The van der Waals surface area contributed by atoms with Gasteiger partial charge in [-0.1, -0.05) is 18.2 Å². The molecule has 0 saturated carbocycles. The van der Waals surface area contributed by atoms with Gasteiger partial charge in [-0.3, -0.25) is 10.1 Å². The van der Waals surface area contributed by atoms with Crippen molar-refractivity contribution >= 4 is 0 Å². The van der Waals surface area contributed by atoms with Crippen LogP contribution < -0.4 is 0 Å². The standard InChI is InChI=1S/C11H12FNO4/c12-9-4-2-1-3-7(9)8-5-11(14)17-6-10(8)13(15)16/h1-4,8,10-11,14H,5-6H2. The predicted octanol–water partition coefficient (Wildman–Crippen LogP) is 1.29. The van der Waals surface area contributed by atoms with E-state index in [0.717, 1.165) is 0 Å². The van der Waals surface area contributed by atoms with Gasteiger partial charge in [0.15, 0.2) is 6.29 Å². The van der Waals surface area contributed by atoms with Crippen molar-refractivity contribution in [3.8, 4) is 0 Å². The summed E-state index contributed by atoms with van der Waals surface area (Å²) in [5, 5.41) is 20.2. The van der Waals surface area contributed by atoms with Crippen molar-refractivity contribution in [2.45, 2.75) is 24.7 Å². The van der Waals surface area contributed by atoms with Crippen molar-refractivity contribution in [3.63, 3.8) is 0 Å². The van der Waals surface area contributed by atoms with Crippen LogP contribution in [0.3, 0.4) is 0 Å². The van der Waals surface area contributed by atoms with Crippen LogP contribution in [0.1, 0.15) is 17.9 Å². The van der Waals surface area contributed by atoms with Gasteiger partial charge in [0.05, 0.1) is 5.92 Å². The van der Waals surface area contributed by atoms with E-state index in [4.69, 9.17) is 4.74 Å². The number of aliphatic hydroxyl groups excluding tert-OH is 1. The van der Waals surface area contributed by atoms with Gasteiger partial charge in [0.25, 0.3) is 0 Å². The van der Waals surface area contributed by atoms with Crippen LogP contribution in [0, 0.1) is 15.9 Å². The van der Waals surface area contributed by atoms with Crippen LogP contribution >= 0.6 is 0 Å². The summed E-state index contributed by atoms with van der Waals surface area (Å²) in [4.78, 5) is 10.4. The van der Waals surface area contributed by atoms with E-state index in [1.807, 2.05) is 0 Å². The molecule has 1 fully saturated rings. The van der Waals surface area contributed by atoms with Gasteiger partial charge in [0.2, 0.25) is 6.04 Å². The number of hydrogen-bond acceptors (Lipinski definition) is 4. The molecule has 0 radical (unpaired) electrons. The van der Waals surface area contributed by atoms with Crippen molar-refractivity contribution in [1.29, 1.82) is 0 Å². The minimum Gasteiger partial charge on any atom is -0.368 e. The molecule has 0 spiro atoms. The molecule has 6 heteroatoms. The molecule has 3 atom stereocenters. The maximum atomic E-state index is 13.6. The molecule has 0 amide bonds. The average molecular weight is 241 g/mol. The summed E-state index contributed by atoms with van der Waals surface area (Å²) in [5.41, 5.74) is 0.261. The number of nitro groups is 1. The topological polar surface area (TPSA) is 72.6 Å². The Morgan fingerprint density at radius 1 is 1.47 bits per heavy atom. The van der Waals surface area contributed by atoms with Crippen molar-refractivity contribution in [1.82, 2.24) is 0 Å². The quantitative estimate of drug-likeness (QED) is 0.625. The van der Waals surface area contributed by atoms with Crippen LogP contribution in [0.15, 0.2) is 24.3 Å². The molecule has 1 aliphatic rings. The summed E-state index contributed by atoms with van der Waals surface area (Å²) in [5.74, 6) is -1.15. The first kappa shape index (κ1) is 11.9. The van der Waals surface area contributed by atoms with Crippen molar-refractivity contribution in [2.75, 3.05) is 6.61 Å². The van der Waals surface area contributed by atoms with Crippen LogP contribution in [0.25, 0.3) is 0 Å². The molecule has 0 aromatic heterocycles. The van der Waals surface area contributed by atoms with Crippen molar-refractivity contribution < 1.29 is 19.2 Å². The lowest BCUT2D eigenvalue weighted by Crippen LogP contribution is -2.41. The first-order valence-corrected chi connectivity index (χ1v) is 5.27. The summed E-state index contributed by atoms with van der Waals surface area (Å²) in [6, 6.07) is 4.89. The summed E-state index contributed by atoms with van der Waals surface area (Å²) in [6.07, 6.45) is -1.04. The maximum absolute atomic E-state index is 13.6. The van der Waals surface area contributed by atoms with Crippen LogP contribution in [0.4, 0.5) is 4.39 Å². The lowest BCUT2D eigenvalue weighted by molar-refractivity contribution is -0.538. The number of halogens is 1. The fourth-order valence-electron chi connectivity index (χ4n) is 2.09. The molecule has 1 aromatic carbocycles. The number of nitrogens with zero attached hydrogens (tertiary/aromatic N) is 1. The van der Waals surface area contributed by atoms with Gasteiger partial charge in [-0.2, -0.15) is 0 Å². The molecule has 0 aliphatic carbocycles. The van der Waals surface area contributed by atoms with Gasteiger partial charge in [-0.15, -0.1) is 0 Å². The van der Waals surface area contributed by atoms with E-state index in [0.29, 0.717) is 0 Å². The predicted molar refractivity (Wildman–Crippen MR) is 56.5 cm³/mol. The Morgan fingerprint density at radius 2 is 2.18 bits per heavy atom. The van der Waals surface area contributed by atoms with Gasteiger partial charge in [-0.25, -0.2) is 4.39 Å². The lowest BCUT2D eigenvalue weighted by Gasteiger charge is -2.29. The minimum atomic E-state index is -1.07. The third kappa shape index (κ3) is 2.42. The third-order valence-electron chi connectivity index (χ3n) is 2.95. The van der Waals surface area contributed by atoms with Crippen molar-refractivity contribution in [3.05, 3.63) is 45.8 Å². The van der Waals surface area contributed by atoms with E-state index in [9.17, 15) is 19.6 Å². The molecular weight excluding hydrogens is 229 g/mol. The Morgan fingerprint density at radius 3 is 2.82 bits per heavy atom. The van der Waals surface area contributed by atoms with E-state index in [2.05, 4.69) is 0 Å². The zero-order valence-corrected chi connectivity index (χ0v) is 8.95. The van der Waals surface area contributed by atoms with Gasteiger partial charge < -0.3 is 9.84 Å². The molecule has 1 N–H and O–H groups in total. The summed E-state index contributed by atoms with van der Waals surface area (Å²) in [6.45, 7) is -0.201. The lowest BCUT2D eigenvalue weighted by atomic mass is 9.87. The number of rotatable bonds is 2. The number of aliphatic hydroxyl groups is 1. The summed E-state index contributed by atoms with van der Waals surface area (Å²) >= 11 is 0. The van der Waals surface area contributed by atoms with Crippen LogP contribution in [0.5, 0.6) is 0 Å². The molecular formula is C11H12FNO4. The monoisotopic (exact) mass is 241 g/mol. The van der Waals surface area contributed by atoms with E-state index in [1.165, 1.54) is 18.2 Å². The Balaban J connectivity index is 2.32. The zero-order valence-electron chi connectivity index (χ0n) is 8.95. The molecule has 0 bridgehead atoms. The van der Waals surface area contributed by atoms with E-state index < -0.39 is 29.0 Å². The Labute approximate surface area is 97.0 Å². The summed E-state index contributed by atoms with van der Waals surface area (Å²) < 4.78 is 18.4. The van der Waals surface area contributed by atoms with Crippen molar-refractivity contribution in [2.24, 2.45) is 0 Å². The van der Waals surface area contributed by atoms with Gasteiger partial charge in [0.1, 0.15) is 12.4 Å². The second-order valence-corrected chi connectivity index (χ2v) is 4.00. The molecule has 1 saturated heterocycles. The Kier molecular flexibility index (Phi) is 3.35. The highest BCUT2D eigenvalue weighted by atomic mass is 19.1. The average Bonchev–Trinajstić information content (AvgIpc) is 2.29. The number of ether oxygens (including phenoxy) is 1. The molecule has 1 heterocycles. The minimum absolute atomic E-state index is 0.0343. The first-order chi connectivity index (χ1) is 8.09.